The van der Waals surface area contributed by atoms with Gasteiger partial charge in [0.05, 0.1) is 18.1 Å². The van der Waals surface area contributed by atoms with Gasteiger partial charge in [-0.2, -0.15) is 0 Å². The summed E-state index contributed by atoms with van der Waals surface area (Å²) in [5, 5.41) is 12.0. The molecule has 0 aromatic heterocycles. The van der Waals surface area contributed by atoms with Crippen LogP contribution in [0.4, 0.5) is 5.69 Å². The summed E-state index contributed by atoms with van der Waals surface area (Å²) in [4.78, 5) is 23.6. The van der Waals surface area contributed by atoms with Gasteiger partial charge >= 0.3 is 5.97 Å². The van der Waals surface area contributed by atoms with E-state index < -0.39 is 30.0 Å². The Balaban J connectivity index is 1.78. The fraction of sp³-hybridized carbons (Fsp3) is 0.286. The zero-order valence-electron chi connectivity index (χ0n) is 10.3. The first-order valence-corrected chi connectivity index (χ1v) is 7.27. The highest BCUT2D eigenvalue weighted by Crippen LogP contribution is 2.39. The minimum atomic E-state index is -0.996. The molecule has 0 unspecified atom stereocenters. The van der Waals surface area contributed by atoms with Crippen LogP contribution in [-0.4, -0.2) is 29.2 Å². The Hall–Kier alpha value is -1.41. The SMILES string of the molecule is O=C(O)[C@@H]1[C@H](C(=O)Nc2ccc(I)cc2)[C@@H]2C=C[C@@H]1O2. The van der Waals surface area contributed by atoms with Gasteiger partial charge in [-0.05, 0) is 46.9 Å². The molecule has 2 N–H and O–H groups in total. The van der Waals surface area contributed by atoms with Gasteiger partial charge in [0.25, 0.3) is 0 Å². The molecular weight excluding hydrogens is 373 g/mol. The van der Waals surface area contributed by atoms with E-state index in [2.05, 4.69) is 27.9 Å². The maximum atomic E-state index is 12.3. The summed E-state index contributed by atoms with van der Waals surface area (Å²) in [6.07, 6.45) is 2.55. The van der Waals surface area contributed by atoms with Crippen LogP contribution in [0.25, 0.3) is 0 Å². The van der Waals surface area contributed by atoms with Crippen LogP contribution in [0, 0.1) is 15.4 Å². The van der Waals surface area contributed by atoms with E-state index in [0.717, 1.165) is 3.57 Å². The van der Waals surface area contributed by atoms with Gasteiger partial charge in [0.2, 0.25) is 5.91 Å². The van der Waals surface area contributed by atoms with Crippen molar-refractivity contribution < 1.29 is 19.4 Å². The summed E-state index contributed by atoms with van der Waals surface area (Å²) < 4.78 is 6.55. The normalized spacial score (nSPS) is 30.4. The number of amides is 1. The number of anilines is 1. The number of nitrogens with one attached hydrogen (secondary N) is 1. The summed E-state index contributed by atoms with van der Waals surface area (Å²) >= 11 is 2.18. The molecule has 0 saturated carbocycles. The van der Waals surface area contributed by atoms with Crippen LogP contribution >= 0.6 is 22.6 Å². The summed E-state index contributed by atoms with van der Waals surface area (Å²) in [5.41, 5.74) is 0.659. The number of aliphatic carboxylic acids is 1. The van der Waals surface area contributed by atoms with Crippen LogP contribution in [0.3, 0.4) is 0 Å². The molecule has 6 heteroatoms. The monoisotopic (exact) mass is 385 g/mol. The van der Waals surface area contributed by atoms with Crippen molar-refractivity contribution in [3.63, 3.8) is 0 Å². The van der Waals surface area contributed by atoms with E-state index in [1.165, 1.54) is 0 Å². The predicted molar refractivity (Wildman–Crippen MR) is 80.2 cm³/mol. The van der Waals surface area contributed by atoms with Crippen molar-refractivity contribution in [1.29, 1.82) is 0 Å². The Kier molecular flexibility index (Phi) is 3.51. The fourth-order valence-electron chi connectivity index (χ4n) is 2.67. The van der Waals surface area contributed by atoms with Crippen LogP contribution < -0.4 is 5.32 Å². The molecule has 1 aromatic rings. The molecule has 2 bridgehead atoms. The standard InChI is InChI=1S/C14H12INO4/c15-7-1-3-8(4-2-7)16-13(17)11-9-5-6-10(20-9)12(11)14(18)19/h1-6,9-12H,(H,16,17)(H,18,19)/t9-,10-,11+,12-/m0/s1. The number of carbonyl (C=O) groups is 2. The fourth-order valence-corrected chi connectivity index (χ4v) is 3.03. The predicted octanol–water partition coefficient (Wildman–Crippen LogP) is 1.88. The van der Waals surface area contributed by atoms with Gasteiger partial charge in [-0.15, -0.1) is 0 Å². The molecule has 1 amide bonds. The Bertz CT molecular complexity index is 583. The second-order valence-electron chi connectivity index (χ2n) is 4.84. The van der Waals surface area contributed by atoms with E-state index in [9.17, 15) is 14.7 Å². The lowest BCUT2D eigenvalue weighted by atomic mass is 9.82. The van der Waals surface area contributed by atoms with E-state index in [4.69, 9.17) is 4.74 Å². The molecule has 2 aliphatic rings. The molecule has 0 aliphatic carbocycles. The molecule has 5 nitrogen and oxygen atoms in total. The molecule has 3 rings (SSSR count). The molecule has 2 aliphatic heterocycles. The molecule has 1 saturated heterocycles. The third-order valence-electron chi connectivity index (χ3n) is 3.60. The number of benzene rings is 1. The number of hydrogen-bond acceptors (Lipinski definition) is 3. The van der Waals surface area contributed by atoms with Crippen molar-refractivity contribution in [3.05, 3.63) is 40.0 Å². The Morgan fingerprint density at radius 1 is 1.10 bits per heavy atom. The average molecular weight is 385 g/mol. The molecule has 20 heavy (non-hydrogen) atoms. The van der Waals surface area contributed by atoms with Gasteiger partial charge < -0.3 is 15.2 Å². The first kappa shape index (κ1) is 13.6. The Labute approximate surface area is 129 Å². The largest absolute Gasteiger partial charge is 0.481 e. The Morgan fingerprint density at radius 3 is 2.30 bits per heavy atom. The van der Waals surface area contributed by atoms with Gasteiger partial charge in [0.1, 0.15) is 5.92 Å². The highest BCUT2D eigenvalue weighted by atomic mass is 127. The summed E-state index contributed by atoms with van der Waals surface area (Å²) in [6, 6.07) is 7.34. The molecule has 2 heterocycles. The number of carboxylic acids is 1. The number of carbonyl (C=O) groups excluding carboxylic acids is 1. The Morgan fingerprint density at radius 2 is 1.70 bits per heavy atom. The third kappa shape index (κ3) is 2.33. The second kappa shape index (κ2) is 5.17. The third-order valence-corrected chi connectivity index (χ3v) is 4.32. The van der Waals surface area contributed by atoms with Crippen LogP contribution in [0.15, 0.2) is 36.4 Å². The minimum Gasteiger partial charge on any atom is -0.481 e. The lowest BCUT2D eigenvalue weighted by molar-refractivity contribution is -0.145. The number of carboxylic acid groups (broad SMARTS) is 1. The molecular formula is C14H12INO4. The number of halogens is 1. The van der Waals surface area contributed by atoms with Crippen LogP contribution in [0.5, 0.6) is 0 Å². The number of ether oxygens (including phenoxy) is 1. The topological polar surface area (TPSA) is 75.6 Å². The zero-order valence-corrected chi connectivity index (χ0v) is 12.5. The van der Waals surface area contributed by atoms with Crippen LogP contribution in [0.1, 0.15) is 0 Å². The van der Waals surface area contributed by atoms with E-state index in [0.29, 0.717) is 5.69 Å². The van der Waals surface area contributed by atoms with Crippen molar-refractivity contribution in [2.24, 2.45) is 11.8 Å². The van der Waals surface area contributed by atoms with Crippen molar-refractivity contribution in [2.45, 2.75) is 12.2 Å². The number of rotatable bonds is 3. The van der Waals surface area contributed by atoms with E-state index in [1.54, 1.807) is 24.3 Å². The maximum absolute atomic E-state index is 12.3. The highest BCUT2D eigenvalue weighted by Gasteiger charge is 2.53. The number of fused-ring (bicyclic) bond motifs is 2. The number of hydrogen-bond donors (Lipinski definition) is 2. The highest BCUT2D eigenvalue weighted by molar-refractivity contribution is 14.1. The van der Waals surface area contributed by atoms with Crippen molar-refractivity contribution >= 4 is 40.2 Å². The molecule has 0 spiro atoms. The van der Waals surface area contributed by atoms with E-state index in [1.807, 2.05) is 12.1 Å². The van der Waals surface area contributed by atoms with Gasteiger partial charge in [0.15, 0.2) is 0 Å². The summed E-state index contributed by atoms with van der Waals surface area (Å²) in [7, 11) is 0. The lowest BCUT2D eigenvalue weighted by Crippen LogP contribution is -2.39. The van der Waals surface area contributed by atoms with E-state index >= 15 is 0 Å². The van der Waals surface area contributed by atoms with Crippen LogP contribution in [-0.2, 0) is 14.3 Å². The van der Waals surface area contributed by atoms with Crippen LogP contribution in [0.2, 0.25) is 0 Å². The maximum Gasteiger partial charge on any atom is 0.310 e. The van der Waals surface area contributed by atoms with Crippen molar-refractivity contribution in [3.8, 4) is 0 Å². The summed E-state index contributed by atoms with van der Waals surface area (Å²) in [5.74, 6) is -2.80. The average Bonchev–Trinajstić information content (AvgIpc) is 3.01. The van der Waals surface area contributed by atoms with Gasteiger partial charge in [0, 0.05) is 9.26 Å². The molecule has 4 atom stereocenters. The quantitative estimate of drug-likeness (QED) is 0.616. The molecule has 1 aromatic carbocycles. The lowest BCUT2D eigenvalue weighted by Gasteiger charge is -2.20. The van der Waals surface area contributed by atoms with Crippen molar-refractivity contribution in [2.75, 3.05) is 5.32 Å². The van der Waals surface area contributed by atoms with Gasteiger partial charge in [-0.3, -0.25) is 9.59 Å². The summed E-state index contributed by atoms with van der Waals surface area (Å²) in [6.45, 7) is 0. The molecule has 1 fully saturated rings. The molecule has 104 valence electrons. The first-order chi connectivity index (χ1) is 9.56. The zero-order chi connectivity index (χ0) is 14.3. The first-order valence-electron chi connectivity index (χ1n) is 6.19. The van der Waals surface area contributed by atoms with Crippen molar-refractivity contribution in [1.82, 2.24) is 0 Å². The van der Waals surface area contributed by atoms with Gasteiger partial charge in [-0.25, -0.2) is 0 Å². The van der Waals surface area contributed by atoms with E-state index in [-0.39, 0.29) is 5.91 Å². The minimum absolute atomic E-state index is 0.310. The molecule has 0 radical (unpaired) electrons. The van der Waals surface area contributed by atoms with Gasteiger partial charge in [-0.1, -0.05) is 12.2 Å². The smallest absolute Gasteiger partial charge is 0.310 e. The second-order valence-corrected chi connectivity index (χ2v) is 6.08.